The minimum absolute atomic E-state index is 0.837. The summed E-state index contributed by atoms with van der Waals surface area (Å²) in [7, 11) is 0. The number of nitrogens with zero attached hydrogens (tertiary/aromatic N) is 2. The van der Waals surface area contributed by atoms with E-state index in [1.54, 1.807) is 16.1 Å². The Morgan fingerprint density at radius 3 is 2.57 bits per heavy atom. The number of hydrogen-bond donors (Lipinski definition) is 0. The van der Waals surface area contributed by atoms with Crippen molar-refractivity contribution < 1.29 is 0 Å². The second-order valence-corrected chi connectivity index (χ2v) is 2.67. The predicted molar refractivity (Wildman–Crippen MR) is 34.3 cm³/mol. The first-order valence-corrected chi connectivity index (χ1v) is 3.15. The normalized spacial score (nSPS) is 9.43. The molecule has 1 aromatic heterocycles. The fourth-order valence-electron chi connectivity index (χ4n) is 0.279. The maximum Gasteiger partial charge on any atom is 0.125 e. The summed E-state index contributed by atoms with van der Waals surface area (Å²) in [5.41, 5.74) is 0. The quantitative estimate of drug-likeness (QED) is 0.659. The third kappa shape index (κ3) is 1.28. The number of rotatable bonds is 0. The molecule has 1 rings (SSSR count). The van der Waals surface area contributed by atoms with E-state index < -0.39 is 0 Å². The van der Waals surface area contributed by atoms with Gasteiger partial charge < -0.3 is 0 Å². The third-order valence-electron chi connectivity index (χ3n) is 0.521. The van der Waals surface area contributed by atoms with E-state index in [1.807, 2.05) is 0 Å². The standard InChI is InChI=1S/C3H2Br2N2/c4-3-1-7(5)2-6-3/h1-2H. The van der Waals surface area contributed by atoms with Gasteiger partial charge >= 0.3 is 0 Å². The first-order chi connectivity index (χ1) is 3.29. The molecule has 0 radical (unpaired) electrons. The molecule has 1 heterocycles. The van der Waals surface area contributed by atoms with Crippen LogP contribution in [0.2, 0.25) is 0 Å². The van der Waals surface area contributed by atoms with Crippen molar-refractivity contribution in [2.45, 2.75) is 0 Å². The zero-order chi connectivity index (χ0) is 5.28. The van der Waals surface area contributed by atoms with Crippen molar-refractivity contribution in [1.82, 2.24) is 8.58 Å². The molecule has 0 aliphatic carbocycles. The van der Waals surface area contributed by atoms with E-state index in [4.69, 9.17) is 0 Å². The average molecular weight is 226 g/mol. The summed E-state index contributed by atoms with van der Waals surface area (Å²) in [4.78, 5) is 3.85. The van der Waals surface area contributed by atoms with Gasteiger partial charge in [-0.15, -0.1) is 0 Å². The number of halogens is 2. The summed E-state index contributed by atoms with van der Waals surface area (Å²) < 4.78 is 2.53. The van der Waals surface area contributed by atoms with E-state index in [0.717, 1.165) is 4.60 Å². The molecule has 0 saturated heterocycles. The monoisotopic (exact) mass is 224 g/mol. The van der Waals surface area contributed by atoms with Crippen LogP contribution in [-0.2, 0) is 0 Å². The van der Waals surface area contributed by atoms with Crippen molar-refractivity contribution in [3.63, 3.8) is 0 Å². The molecule has 1 aromatic rings. The molecule has 4 heteroatoms. The summed E-state index contributed by atoms with van der Waals surface area (Å²) in [5, 5.41) is 0. The van der Waals surface area contributed by atoms with Gasteiger partial charge in [0.1, 0.15) is 10.9 Å². The van der Waals surface area contributed by atoms with Gasteiger partial charge in [0.2, 0.25) is 0 Å². The van der Waals surface area contributed by atoms with Gasteiger partial charge in [-0.2, -0.15) is 0 Å². The highest BCUT2D eigenvalue weighted by Gasteiger charge is 1.85. The van der Waals surface area contributed by atoms with Crippen LogP contribution < -0.4 is 0 Å². The second kappa shape index (κ2) is 1.96. The van der Waals surface area contributed by atoms with Crippen LogP contribution in [-0.4, -0.2) is 8.58 Å². The number of aromatic nitrogens is 2. The molecule has 0 amide bonds. The van der Waals surface area contributed by atoms with Crippen LogP contribution in [0.5, 0.6) is 0 Å². The van der Waals surface area contributed by atoms with Crippen LogP contribution in [0.3, 0.4) is 0 Å². The molecule has 2 nitrogen and oxygen atoms in total. The molecule has 0 saturated carbocycles. The summed E-state index contributed by atoms with van der Waals surface area (Å²) >= 11 is 6.33. The lowest BCUT2D eigenvalue weighted by Gasteiger charge is -1.73. The molecule has 7 heavy (non-hydrogen) atoms. The molecule has 0 fully saturated rings. The molecule has 0 spiro atoms. The molecule has 38 valence electrons. The Hall–Kier alpha value is 0.170. The number of imidazole rings is 1. The van der Waals surface area contributed by atoms with Gasteiger partial charge in [-0.3, -0.25) is 3.59 Å². The van der Waals surface area contributed by atoms with Gasteiger partial charge in [0.05, 0.1) is 22.3 Å². The molecular formula is C3H2Br2N2. The molecule has 0 N–H and O–H groups in total. The highest BCUT2D eigenvalue weighted by Crippen LogP contribution is 2.05. The van der Waals surface area contributed by atoms with Gasteiger partial charge in [-0.05, 0) is 15.9 Å². The first kappa shape index (κ1) is 5.31. The summed E-state index contributed by atoms with van der Waals surface area (Å²) in [6.07, 6.45) is 3.46. The smallest absolute Gasteiger partial charge is 0.125 e. The Balaban J connectivity index is 3.04. The van der Waals surface area contributed by atoms with Gasteiger partial charge in [-0.1, -0.05) is 0 Å². The summed E-state index contributed by atoms with van der Waals surface area (Å²) in [6, 6.07) is 0. The minimum Gasteiger partial charge on any atom is -0.271 e. The molecule has 0 aromatic carbocycles. The molecule has 0 unspecified atom stereocenters. The zero-order valence-corrected chi connectivity index (χ0v) is 6.48. The lowest BCUT2D eigenvalue weighted by Crippen LogP contribution is -1.63. The lowest BCUT2D eigenvalue weighted by atomic mass is 11.0. The van der Waals surface area contributed by atoms with Crippen LogP contribution in [0.15, 0.2) is 17.1 Å². The molecule has 0 bridgehead atoms. The van der Waals surface area contributed by atoms with Crippen LogP contribution in [0.4, 0.5) is 0 Å². The Bertz CT molecular complexity index is 143. The van der Waals surface area contributed by atoms with Gasteiger partial charge in [0, 0.05) is 0 Å². The van der Waals surface area contributed by atoms with Crippen molar-refractivity contribution in [3.05, 3.63) is 17.1 Å². The van der Waals surface area contributed by atoms with Crippen LogP contribution >= 0.6 is 32.1 Å². The van der Waals surface area contributed by atoms with Gasteiger partial charge in [-0.25, -0.2) is 4.98 Å². The van der Waals surface area contributed by atoms with E-state index >= 15 is 0 Å². The highest BCUT2D eigenvalue weighted by molar-refractivity contribution is 9.10. The molecule has 0 aliphatic heterocycles. The van der Waals surface area contributed by atoms with Crippen molar-refractivity contribution in [2.24, 2.45) is 0 Å². The molecule has 0 atom stereocenters. The number of hydrogen-bond acceptors (Lipinski definition) is 1. The first-order valence-electron chi connectivity index (χ1n) is 1.64. The molecular weight excluding hydrogens is 224 g/mol. The SMILES string of the molecule is Brc1cn(Br)cn1. The average Bonchev–Trinajstić information content (AvgIpc) is 1.87. The van der Waals surface area contributed by atoms with E-state index in [0.29, 0.717) is 0 Å². The Labute approximate surface area is 58.0 Å². The molecule has 0 aliphatic rings. The topological polar surface area (TPSA) is 17.8 Å². The van der Waals surface area contributed by atoms with Crippen LogP contribution in [0, 0.1) is 0 Å². The van der Waals surface area contributed by atoms with Crippen molar-refractivity contribution in [1.29, 1.82) is 0 Å². The lowest BCUT2D eigenvalue weighted by molar-refractivity contribution is 1.25. The van der Waals surface area contributed by atoms with E-state index in [1.165, 1.54) is 0 Å². The van der Waals surface area contributed by atoms with Gasteiger partial charge in [0.25, 0.3) is 0 Å². The van der Waals surface area contributed by atoms with E-state index in [-0.39, 0.29) is 0 Å². The zero-order valence-electron chi connectivity index (χ0n) is 3.31. The minimum atomic E-state index is 0.837. The fraction of sp³-hybridized carbons (Fsp3) is 0. The Morgan fingerprint density at radius 1 is 1.71 bits per heavy atom. The van der Waals surface area contributed by atoms with E-state index in [9.17, 15) is 0 Å². The summed E-state index contributed by atoms with van der Waals surface area (Å²) in [5.74, 6) is 0. The highest BCUT2D eigenvalue weighted by atomic mass is 79.9. The Kier molecular flexibility index (Phi) is 1.49. The van der Waals surface area contributed by atoms with Crippen LogP contribution in [0.1, 0.15) is 0 Å². The maximum absolute atomic E-state index is 3.85. The van der Waals surface area contributed by atoms with Crippen molar-refractivity contribution >= 4 is 32.1 Å². The van der Waals surface area contributed by atoms with Crippen molar-refractivity contribution in [2.75, 3.05) is 0 Å². The van der Waals surface area contributed by atoms with Crippen molar-refractivity contribution in [3.8, 4) is 0 Å². The van der Waals surface area contributed by atoms with Crippen LogP contribution in [0.25, 0.3) is 0 Å². The Morgan fingerprint density at radius 2 is 2.43 bits per heavy atom. The second-order valence-electron chi connectivity index (χ2n) is 1.04. The summed E-state index contributed by atoms with van der Waals surface area (Å²) in [6.45, 7) is 0. The maximum atomic E-state index is 3.85. The largest absolute Gasteiger partial charge is 0.271 e. The fourth-order valence-corrected chi connectivity index (χ4v) is 1.15. The van der Waals surface area contributed by atoms with Gasteiger partial charge in [0.15, 0.2) is 0 Å². The third-order valence-corrected chi connectivity index (χ3v) is 1.32. The van der Waals surface area contributed by atoms with E-state index in [2.05, 4.69) is 37.1 Å². The predicted octanol–water partition coefficient (Wildman–Crippen LogP) is 1.80.